The summed E-state index contributed by atoms with van der Waals surface area (Å²) in [7, 11) is -2.12. The SMILES string of the molecule is COc1ccc(S(=O)(=O)Nc2cccc(-c3cnc4n3CCC4)c2)cc1. The van der Waals surface area contributed by atoms with Crippen LogP contribution in [0.1, 0.15) is 12.2 Å². The molecule has 2 heterocycles. The molecular formula is C19H19N3O3S. The van der Waals surface area contributed by atoms with E-state index in [2.05, 4.69) is 14.3 Å². The fourth-order valence-electron chi connectivity index (χ4n) is 3.20. The highest BCUT2D eigenvalue weighted by Gasteiger charge is 2.18. The van der Waals surface area contributed by atoms with Crippen molar-refractivity contribution < 1.29 is 13.2 Å². The second-order valence-electron chi connectivity index (χ2n) is 6.18. The summed E-state index contributed by atoms with van der Waals surface area (Å²) in [4.78, 5) is 4.64. The number of methoxy groups -OCH3 is 1. The Hall–Kier alpha value is -2.80. The third-order valence-corrected chi connectivity index (χ3v) is 5.90. The quantitative estimate of drug-likeness (QED) is 0.749. The van der Waals surface area contributed by atoms with E-state index in [0.29, 0.717) is 11.4 Å². The summed E-state index contributed by atoms with van der Waals surface area (Å²) in [5.74, 6) is 1.70. The minimum atomic E-state index is -3.66. The number of hydrogen-bond acceptors (Lipinski definition) is 4. The van der Waals surface area contributed by atoms with Crippen LogP contribution in [0.2, 0.25) is 0 Å². The highest BCUT2D eigenvalue weighted by molar-refractivity contribution is 7.92. The third kappa shape index (κ3) is 3.06. The summed E-state index contributed by atoms with van der Waals surface area (Å²) >= 11 is 0. The van der Waals surface area contributed by atoms with Gasteiger partial charge in [0.2, 0.25) is 0 Å². The number of nitrogens with one attached hydrogen (secondary N) is 1. The molecule has 0 unspecified atom stereocenters. The Morgan fingerprint density at radius 3 is 2.73 bits per heavy atom. The summed E-state index contributed by atoms with van der Waals surface area (Å²) < 4.78 is 35.1. The minimum Gasteiger partial charge on any atom is -0.497 e. The molecule has 6 nitrogen and oxygen atoms in total. The average molecular weight is 369 g/mol. The second kappa shape index (κ2) is 6.49. The lowest BCUT2D eigenvalue weighted by molar-refractivity contribution is 0.414. The number of aromatic nitrogens is 2. The highest BCUT2D eigenvalue weighted by atomic mass is 32.2. The number of anilines is 1. The van der Waals surface area contributed by atoms with Gasteiger partial charge in [0, 0.05) is 24.2 Å². The molecule has 1 aromatic heterocycles. The van der Waals surface area contributed by atoms with E-state index < -0.39 is 10.0 Å². The van der Waals surface area contributed by atoms with Crippen molar-refractivity contribution in [2.24, 2.45) is 0 Å². The molecule has 1 N–H and O–H groups in total. The van der Waals surface area contributed by atoms with E-state index in [1.54, 1.807) is 25.3 Å². The van der Waals surface area contributed by atoms with Gasteiger partial charge in [0.25, 0.3) is 10.0 Å². The Kier molecular flexibility index (Phi) is 4.16. The Bertz CT molecular complexity index is 1040. The molecule has 0 bridgehead atoms. The standard InChI is InChI=1S/C19H19N3O3S/c1-25-16-7-9-17(10-8-16)26(23,24)21-15-5-2-4-14(12-15)18-13-20-19-6-3-11-22(18)19/h2,4-5,7-10,12-13,21H,3,6,11H2,1H3. The maximum Gasteiger partial charge on any atom is 0.261 e. The molecule has 0 aliphatic carbocycles. The van der Waals surface area contributed by atoms with Gasteiger partial charge in [-0.1, -0.05) is 12.1 Å². The summed E-state index contributed by atoms with van der Waals surface area (Å²) in [6.07, 6.45) is 3.94. The maximum atomic E-state index is 12.6. The van der Waals surface area contributed by atoms with Crippen molar-refractivity contribution in [2.45, 2.75) is 24.3 Å². The number of aryl methyl sites for hydroxylation is 1. The van der Waals surface area contributed by atoms with E-state index in [0.717, 1.165) is 36.5 Å². The molecule has 1 aliphatic rings. The fraction of sp³-hybridized carbons (Fsp3) is 0.211. The smallest absolute Gasteiger partial charge is 0.261 e. The summed E-state index contributed by atoms with van der Waals surface area (Å²) in [6.45, 7) is 0.951. The monoisotopic (exact) mass is 369 g/mol. The van der Waals surface area contributed by atoms with Gasteiger partial charge in [-0.2, -0.15) is 0 Å². The van der Waals surface area contributed by atoms with Crippen LogP contribution in [-0.4, -0.2) is 25.1 Å². The van der Waals surface area contributed by atoms with Gasteiger partial charge in [-0.25, -0.2) is 13.4 Å². The van der Waals surface area contributed by atoms with Crippen molar-refractivity contribution in [3.63, 3.8) is 0 Å². The first-order valence-corrected chi connectivity index (χ1v) is 9.87. The molecule has 2 aromatic carbocycles. The Labute approximate surface area is 152 Å². The van der Waals surface area contributed by atoms with Gasteiger partial charge in [0.05, 0.1) is 23.9 Å². The zero-order valence-electron chi connectivity index (χ0n) is 14.3. The van der Waals surface area contributed by atoms with Crippen LogP contribution in [0.4, 0.5) is 5.69 Å². The van der Waals surface area contributed by atoms with E-state index in [1.165, 1.54) is 12.1 Å². The van der Waals surface area contributed by atoms with Crippen LogP contribution in [0.5, 0.6) is 5.75 Å². The molecular weight excluding hydrogens is 350 g/mol. The number of sulfonamides is 1. The highest BCUT2D eigenvalue weighted by Crippen LogP contribution is 2.28. The van der Waals surface area contributed by atoms with Gasteiger partial charge in [-0.3, -0.25) is 4.72 Å². The first-order chi connectivity index (χ1) is 12.6. The zero-order chi connectivity index (χ0) is 18.1. The van der Waals surface area contributed by atoms with Gasteiger partial charge in [-0.05, 0) is 42.8 Å². The van der Waals surface area contributed by atoms with Crippen LogP contribution in [-0.2, 0) is 23.0 Å². The summed E-state index contributed by atoms with van der Waals surface area (Å²) in [5, 5.41) is 0. The van der Waals surface area contributed by atoms with Crippen LogP contribution in [0, 0.1) is 0 Å². The van der Waals surface area contributed by atoms with Crippen molar-refractivity contribution >= 4 is 15.7 Å². The first kappa shape index (κ1) is 16.7. The number of nitrogens with zero attached hydrogens (tertiary/aromatic N) is 2. The third-order valence-electron chi connectivity index (χ3n) is 4.50. The fourth-order valence-corrected chi connectivity index (χ4v) is 4.25. The van der Waals surface area contributed by atoms with Crippen LogP contribution in [0.3, 0.4) is 0 Å². The first-order valence-electron chi connectivity index (χ1n) is 8.38. The number of imidazole rings is 1. The van der Waals surface area contributed by atoms with Gasteiger partial charge < -0.3 is 9.30 Å². The molecule has 1 aliphatic heterocycles. The maximum absolute atomic E-state index is 12.6. The number of fused-ring (bicyclic) bond motifs is 1. The van der Waals surface area contributed by atoms with E-state index in [9.17, 15) is 8.42 Å². The molecule has 134 valence electrons. The molecule has 0 spiro atoms. The van der Waals surface area contributed by atoms with Crippen LogP contribution in [0.25, 0.3) is 11.3 Å². The Morgan fingerprint density at radius 2 is 1.96 bits per heavy atom. The number of rotatable bonds is 5. The molecule has 3 aromatic rings. The zero-order valence-corrected chi connectivity index (χ0v) is 15.2. The second-order valence-corrected chi connectivity index (χ2v) is 7.86. The van der Waals surface area contributed by atoms with Gasteiger partial charge >= 0.3 is 0 Å². The molecule has 7 heteroatoms. The minimum absolute atomic E-state index is 0.189. The average Bonchev–Trinajstić information content (AvgIpc) is 3.25. The topological polar surface area (TPSA) is 73.2 Å². The normalized spacial score (nSPS) is 13.4. The lowest BCUT2D eigenvalue weighted by Gasteiger charge is -2.11. The molecule has 4 rings (SSSR count). The number of hydrogen-bond donors (Lipinski definition) is 1. The lowest BCUT2D eigenvalue weighted by atomic mass is 10.1. The number of benzene rings is 2. The van der Waals surface area contributed by atoms with Crippen molar-refractivity contribution in [1.29, 1.82) is 0 Å². The molecule has 0 radical (unpaired) electrons. The van der Waals surface area contributed by atoms with Crippen molar-refractivity contribution in [3.05, 3.63) is 60.6 Å². The van der Waals surface area contributed by atoms with E-state index >= 15 is 0 Å². The predicted molar refractivity (Wildman–Crippen MR) is 99.8 cm³/mol. The summed E-state index contributed by atoms with van der Waals surface area (Å²) in [5.41, 5.74) is 2.48. The Balaban J connectivity index is 1.62. The van der Waals surface area contributed by atoms with Gasteiger partial charge in [0.15, 0.2) is 0 Å². The Morgan fingerprint density at radius 1 is 1.15 bits per heavy atom. The van der Waals surface area contributed by atoms with Crippen LogP contribution >= 0.6 is 0 Å². The van der Waals surface area contributed by atoms with Crippen molar-refractivity contribution in [2.75, 3.05) is 11.8 Å². The van der Waals surface area contributed by atoms with Gasteiger partial charge in [0.1, 0.15) is 11.6 Å². The van der Waals surface area contributed by atoms with Crippen molar-refractivity contribution in [3.8, 4) is 17.0 Å². The summed E-state index contributed by atoms with van der Waals surface area (Å²) in [6, 6.07) is 13.7. The molecule has 0 amide bonds. The van der Waals surface area contributed by atoms with Gasteiger partial charge in [-0.15, -0.1) is 0 Å². The van der Waals surface area contributed by atoms with E-state index in [1.807, 2.05) is 24.4 Å². The predicted octanol–water partition coefficient (Wildman–Crippen LogP) is 3.31. The van der Waals surface area contributed by atoms with E-state index in [4.69, 9.17) is 4.74 Å². The molecule has 0 saturated carbocycles. The largest absolute Gasteiger partial charge is 0.497 e. The molecule has 0 atom stereocenters. The molecule has 0 saturated heterocycles. The molecule has 0 fully saturated rings. The van der Waals surface area contributed by atoms with Crippen LogP contribution in [0.15, 0.2) is 59.6 Å². The molecule has 26 heavy (non-hydrogen) atoms. The number of ether oxygens (including phenoxy) is 1. The van der Waals surface area contributed by atoms with Crippen LogP contribution < -0.4 is 9.46 Å². The lowest BCUT2D eigenvalue weighted by Crippen LogP contribution is -2.12. The van der Waals surface area contributed by atoms with E-state index in [-0.39, 0.29) is 4.90 Å². The van der Waals surface area contributed by atoms with Crippen molar-refractivity contribution in [1.82, 2.24) is 9.55 Å².